The van der Waals surface area contributed by atoms with E-state index in [1.165, 1.54) is 0 Å². The summed E-state index contributed by atoms with van der Waals surface area (Å²) in [5, 5.41) is 6.51. The Morgan fingerprint density at radius 3 is 2.71 bits per heavy atom. The van der Waals surface area contributed by atoms with Crippen LogP contribution in [0.15, 0.2) is 28.7 Å². The standard InChI is InChI=1S/C14H17BrClN5/c1-3-7-17-13-19-12(16)20-14(21-13)18-9(2)10-5-4-6-11(15)8-10/h4-6,8-9H,3,7H2,1-2H3,(H2,17,18,19,20,21). The van der Waals surface area contributed by atoms with Gasteiger partial charge in [-0.15, -0.1) is 0 Å². The molecule has 0 fully saturated rings. The van der Waals surface area contributed by atoms with Crippen molar-refractivity contribution in [3.8, 4) is 0 Å². The third-order valence-corrected chi connectivity index (χ3v) is 3.50. The summed E-state index contributed by atoms with van der Waals surface area (Å²) in [6.07, 6.45) is 0.987. The van der Waals surface area contributed by atoms with Crippen LogP contribution in [-0.4, -0.2) is 21.5 Å². The summed E-state index contributed by atoms with van der Waals surface area (Å²) in [5.74, 6) is 0.946. The van der Waals surface area contributed by atoms with Crippen LogP contribution in [0, 0.1) is 0 Å². The van der Waals surface area contributed by atoms with Crippen molar-refractivity contribution in [2.24, 2.45) is 0 Å². The van der Waals surface area contributed by atoms with E-state index in [0.717, 1.165) is 23.0 Å². The number of nitrogens with one attached hydrogen (secondary N) is 2. The molecule has 1 heterocycles. The van der Waals surface area contributed by atoms with Crippen LogP contribution in [-0.2, 0) is 0 Å². The second-order valence-corrected chi connectivity index (χ2v) is 5.85. The van der Waals surface area contributed by atoms with Crippen LogP contribution in [0.2, 0.25) is 5.28 Å². The molecule has 0 saturated heterocycles. The third kappa shape index (κ3) is 4.82. The highest BCUT2D eigenvalue weighted by atomic mass is 79.9. The first-order chi connectivity index (χ1) is 10.1. The number of aromatic nitrogens is 3. The van der Waals surface area contributed by atoms with Crippen molar-refractivity contribution in [1.82, 2.24) is 15.0 Å². The monoisotopic (exact) mass is 369 g/mol. The Morgan fingerprint density at radius 2 is 2.00 bits per heavy atom. The molecule has 7 heteroatoms. The Kier molecular flexibility index (Phi) is 5.76. The Labute approximate surface area is 137 Å². The van der Waals surface area contributed by atoms with Crippen molar-refractivity contribution in [2.75, 3.05) is 17.2 Å². The van der Waals surface area contributed by atoms with Crippen LogP contribution in [0.25, 0.3) is 0 Å². The Balaban J connectivity index is 2.13. The Morgan fingerprint density at radius 1 is 1.24 bits per heavy atom. The van der Waals surface area contributed by atoms with E-state index in [-0.39, 0.29) is 11.3 Å². The van der Waals surface area contributed by atoms with Crippen molar-refractivity contribution >= 4 is 39.4 Å². The molecule has 1 aromatic carbocycles. The van der Waals surface area contributed by atoms with E-state index in [1.54, 1.807) is 0 Å². The van der Waals surface area contributed by atoms with Crippen LogP contribution < -0.4 is 10.6 Å². The van der Waals surface area contributed by atoms with E-state index in [2.05, 4.69) is 54.5 Å². The van der Waals surface area contributed by atoms with Crippen LogP contribution in [0.4, 0.5) is 11.9 Å². The van der Waals surface area contributed by atoms with Gasteiger partial charge in [0.15, 0.2) is 0 Å². The van der Waals surface area contributed by atoms with E-state index < -0.39 is 0 Å². The van der Waals surface area contributed by atoms with E-state index in [4.69, 9.17) is 11.6 Å². The molecule has 0 saturated carbocycles. The molecular weight excluding hydrogens is 354 g/mol. The third-order valence-electron chi connectivity index (χ3n) is 2.84. The summed E-state index contributed by atoms with van der Waals surface area (Å²) in [6.45, 7) is 4.91. The van der Waals surface area contributed by atoms with Crippen molar-refractivity contribution < 1.29 is 0 Å². The summed E-state index contributed by atoms with van der Waals surface area (Å²) in [6, 6.07) is 8.13. The van der Waals surface area contributed by atoms with Crippen LogP contribution in [0.3, 0.4) is 0 Å². The maximum atomic E-state index is 5.93. The largest absolute Gasteiger partial charge is 0.354 e. The molecule has 2 aromatic rings. The molecule has 5 nitrogen and oxygen atoms in total. The zero-order valence-electron chi connectivity index (χ0n) is 11.9. The summed E-state index contributed by atoms with van der Waals surface area (Å²) in [4.78, 5) is 12.5. The summed E-state index contributed by atoms with van der Waals surface area (Å²) >= 11 is 9.40. The quantitative estimate of drug-likeness (QED) is 0.794. The van der Waals surface area contributed by atoms with Gasteiger partial charge in [-0.3, -0.25) is 0 Å². The highest BCUT2D eigenvalue weighted by molar-refractivity contribution is 9.10. The minimum atomic E-state index is 0.0555. The fourth-order valence-corrected chi connectivity index (χ4v) is 2.36. The molecule has 0 spiro atoms. The number of nitrogens with zero attached hydrogens (tertiary/aromatic N) is 3. The van der Waals surface area contributed by atoms with Gasteiger partial charge in [-0.25, -0.2) is 0 Å². The van der Waals surface area contributed by atoms with Gasteiger partial charge in [-0.05, 0) is 42.6 Å². The predicted molar refractivity (Wildman–Crippen MR) is 89.8 cm³/mol. The van der Waals surface area contributed by atoms with Crippen LogP contribution >= 0.6 is 27.5 Å². The van der Waals surface area contributed by atoms with Gasteiger partial charge in [-0.1, -0.05) is 35.0 Å². The first-order valence-electron chi connectivity index (χ1n) is 6.76. The van der Waals surface area contributed by atoms with Gasteiger partial charge in [0, 0.05) is 11.0 Å². The molecule has 1 aromatic heterocycles. The van der Waals surface area contributed by atoms with Gasteiger partial charge in [0.1, 0.15) is 0 Å². The first-order valence-corrected chi connectivity index (χ1v) is 7.93. The second kappa shape index (κ2) is 7.56. The van der Waals surface area contributed by atoms with Crippen molar-refractivity contribution in [3.05, 3.63) is 39.6 Å². The van der Waals surface area contributed by atoms with Gasteiger partial charge in [0.25, 0.3) is 0 Å². The van der Waals surface area contributed by atoms with Gasteiger partial charge in [0.2, 0.25) is 17.2 Å². The fourth-order valence-electron chi connectivity index (χ4n) is 1.78. The minimum absolute atomic E-state index is 0.0555. The van der Waals surface area contributed by atoms with Crippen molar-refractivity contribution in [3.63, 3.8) is 0 Å². The van der Waals surface area contributed by atoms with Crippen molar-refractivity contribution in [2.45, 2.75) is 26.3 Å². The molecule has 0 aliphatic heterocycles. The summed E-state index contributed by atoms with van der Waals surface area (Å²) in [7, 11) is 0. The maximum absolute atomic E-state index is 5.93. The Hall–Kier alpha value is -1.40. The SMILES string of the molecule is CCCNc1nc(Cl)nc(NC(C)c2cccc(Br)c2)n1. The lowest BCUT2D eigenvalue weighted by Crippen LogP contribution is -2.12. The molecule has 112 valence electrons. The number of anilines is 2. The van der Waals surface area contributed by atoms with Gasteiger partial charge < -0.3 is 10.6 Å². The molecular formula is C14H17BrClN5. The van der Waals surface area contributed by atoms with Crippen LogP contribution in [0.5, 0.6) is 0 Å². The smallest absolute Gasteiger partial charge is 0.229 e. The zero-order chi connectivity index (χ0) is 15.2. The molecule has 21 heavy (non-hydrogen) atoms. The summed E-state index contributed by atoms with van der Waals surface area (Å²) < 4.78 is 1.03. The highest BCUT2D eigenvalue weighted by Gasteiger charge is 2.10. The molecule has 0 amide bonds. The zero-order valence-corrected chi connectivity index (χ0v) is 14.2. The highest BCUT2D eigenvalue weighted by Crippen LogP contribution is 2.21. The number of hydrogen-bond acceptors (Lipinski definition) is 5. The second-order valence-electron chi connectivity index (χ2n) is 4.60. The normalized spacial score (nSPS) is 12.0. The number of rotatable bonds is 6. The molecule has 2 rings (SSSR count). The van der Waals surface area contributed by atoms with E-state index in [1.807, 2.05) is 25.1 Å². The lowest BCUT2D eigenvalue weighted by Gasteiger charge is -2.15. The van der Waals surface area contributed by atoms with Gasteiger partial charge in [-0.2, -0.15) is 15.0 Å². The van der Waals surface area contributed by atoms with E-state index in [9.17, 15) is 0 Å². The fraction of sp³-hybridized carbons (Fsp3) is 0.357. The Bertz CT molecular complexity index is 608. The predicted octanol–water partition coefficient (Wildman–Crippen LogP) is 4.28. The van der Waals surface area contributed by atoms with E-state index in [0.29, 0.717) is 11.9 Å². The van der Waals surface area contributed by atoms with Gasteiger partial charge >= 0.3 is 0 Å². The number of halogens is 2. The number of benzene rings is 1. The molecule has 0 bridgehead atoms. The molecule has 2 N–H and O–H groups in total. The van der Waals surface area contributed by atoms with Crippen LogP contribution in [0.1, 0.15) is 31.9 Å². The topological polar surface area (TPSA) is 62.7 Å². The summed E-state index contributed by atoms with van der Waals surface area (Å²) in [5.41, 5.74) is 1.13. The average molecular weight is 371 g/mol. The molecule has 1 atom stereocenters. The maximum Gasteiger partial charge on any atom is 0.229 e. The molecule has 1 unspecified atom stereocenters. The lowest BCUT2D eigenvalue weighted by molar-refractivity contribution is 0.850. The average Bonchev–Trinajstić information content (AvgIpc) is 2.44. The number of hydrogen-bond donors (Lipinski definition) is 2. The molecule has 0 radical (unpaired) electrons. The van der Waals surface area contributed by atoms with E-state index >= 15 is 0 Å². The molecule has 0 aliphatic rings. The van der Waals surface area contributed by atoms with Gasteiger partial charge in [0.05, 0.1) is 6.04 Å². The lowest BCUT2D eigenvalue weighted by atomic mass is 10.1. The molecule has 0 aliphatic carbocycles. The van der Waals surface area contributed by atoms with Crippen molar-refractivity contribution in [1.29, 1.82) is 0 Å². The minimum Gasteiger partial charge on any atom is -0.354 e. The first kappa shape index (κ1) is 16.0.